The molecule has 0 aliphatic rings. The van der Waals surface area contributed by atoms with E-state index in [1.165, 1.54) is 22.4 Å². The molecular weight excluding hydrogens is 343 g/mol. The van der Waals surface area contributed by atoms with Crippen molar-refractivity contribution in [1.82, 2.24) is 0 Å². The molecule has 1 aromatic rings. The summed E-state index contributed by atoms with van der Waals surface area (Å²) < 4.78 is 30.8. The first-order valence-electron chi connectivity index (χ1n) is 5.11. The zero-order valence-electron chi connectivity index (χ0n) is 9.52. The number of unbranched alkanes of at least 4 members (excludes halogenated alkanes) is 2. The van der Waals surface area contributed by atoms with Crippen LogP contribution in [0.15, 0.2) is 24.8 Å². The van der Waals surface area contributed by atoms with Crippen LogP contribution in [0.5, 0.6) is 5.75 Å². The molecule has 1 nitrogen and oxygen atoms in total. The van der Waals surface area contributed by atoms with Gasteiger partial charge in [0.2, 0.25) is 0 Å². The van der Waals surface area contributed by atoms with Crippen molar-refractivity contribution in [3.05, 3.63) is 42.5 Å². The molecule has 1 aromatic carbocycles. The first-order chi connectivity index (χ1) is 8.25. The molecule has 5 heteroatoms. The van der Waals surface area contributed by atoms with Crippen molar-refractivity contribution in [3.8, 4) is 5.75 Å². The molecule has 0 spiro atoms. The zero-order chi connectivity index (χ0) is 13.1. The van der Waals surface area contributed by atoms with Crippen LogP contribution in [-0.2, 0) is 16.3 Å². The fraction of sp³-hybridized carbons (Fsp3) is 0.333. The van der Waals surface area contributed by atoms with Gasteiger partial charge in [0.05, 0.1) is 12.4 Å². The van der Waals surface area contributed by atoms with Gasteiger partial charge >= 0.3 is 30.0 Å². The second-order valence-electron chi connectivity index (χ2n) is 3.11. The number of rotatable bonds is 6. The molecule has 0 aliphatic heterocycles. The molecule has 0 bridgehead atoms. The fourth-order valence-corrected chi connectivity index (χ4v) is 1.11. The van der Waals surface area contributed by atoms with E-state index in [1.54, 1.807) is 0 Å². The molecule has 0 N–H and O–H groups in total. The van der Waals surface area contributed by atoms with Crippen LogP contribution in [0, 0.1) is 17.7 Å². The molecule has 0 unspecified atom stereocenters. The van der Waals surface area contributed by atoms with E-state index >= 15 is 0 Å². The molecule has 17 heavy (non-hydrogen) atoms. The third-order valence-electron chi connectivity index (χ3n) is 1.91. The fourth-order valence-electron chi connectivity index (χ4n) is 1.11. The third kappa shape index (κ3) is 6.90. The van der Waals surface area contributed by atoms with Gasteiger partial charge in [-0.2, -0.15) is 6.07 Å². The van der Waals surface area contributed by atoms with Crippen molar-refractivity contribution >= 4 is 13.6 Å². The Morgan fingerprint density at radius 2 is 2.06 bits per heavy atom. The molecular formula is C12H13BrF2OZn. The molecule has 0 radical (unpaired) electrons. The SMILES string of the molecule is C=CCCCCOc1c[c-]cc(F)c1F.[Zn+][Br]. The van der Waals surface area contributed by atoms with E-state index in [-0.39, 0.29) is 5.75 Å². The standard InChI is InChI=1S/C12H13F2O.BrH.Zn/c1-2-3-4-5-9-15-11-8-6-7-10(13)12(11)14;;/h2,7-8H,1,3-5,9H2;1H;/q-1;;+2/p-1. The molecule has 90 valence electrons. The summed E-state index contributed by atoms with van der Waals surface area (Å²) in [5.74, 6) is -1.95. The van der Waals surface area contributed by atoms with Gasteiger partial charge in [0.15, 0.2) is 0 Å². The second-order valence-corrected chi connectivity index (χ2v) is 3.11. The van der Waals surface area contributed by atoms with Gasteiger partial charge < -0.3 is 4.74 Å². The van der Waals surface area contributed by atoms with Crippen LogP contribution in [0.4, 0.5) is 8.78 Å². The Morgan fingerprint density at radius 1 is 1.35 bits per heavy atom. The van der Waals surface area contributed by atoms with Crippen molar-refractivity contribution in [2.24, 2.45) is 0 Å². The van der Waals surface area contributed by atoms with Gasteiger partial charge in [0.25, 0.3) is 0 Å². The van der Waals surface area contributed by atoms with E-state index < -0.39 is 11.6 Å². The average molecular weight is 357 g/mol. The molecule has 0 amide bonds. The number of ether oxygens (including phenoxy) is 1. The van der Waals surface area contributed by atoms with E-state index in [2.05, 4.69) is 26.3 Å². The normalized spacial score (nSPS) is 9.24. The van der Waals surface area contributed by atoms with Crippen LogP contribution in [0.2, 0.25) is 0 Å². The van der Waals surface area contributed by atoms with Gasteiger partial charge in [-0.3, -0.25) is 4.39 Å². The Hall–Kier alpha value is -0.277. The van der Waals surface area contributed by atoms with Gasteiger partial charge in [0.1, 0.15) is 0 Å². The predicted molar refractivity (Wildman–Crippen MR) is 63.7 cm³/mol. The maximum atomic E-state index is 13.0. The number of benzene rings is 1. The first-order valence-corrected chi connectivity index (χ1v) is 12.1. The summed E-state index contributed by atoms with van der Waals surface area (Å²) in [5.41, 5.74) is 0. The zero-order valence-corrected chi connectivity index (χ0v) is 14.1. The van der Waals surface area contributed by atoms with Crippen LogP contribution in [-0.4, -0.2) is 6.61 Å². The topological polar surface area (TPSA) is 9.23 Å². The summed E-state index contributed by atoms with van der Waals surface area (Å²) in [6, 6.07) is 4.71. The van der Waals surface area contributed by atoms with Gasteiger partial charge in [0, 0.05) is 11.6 Å². The number of halogens is 3. The Morgan fingerprint density at radius 3 is 2.71 bits per heavy atom. The summed E-state index contributed by atoms with van der Waals surface area (Å²) in [5, 5.41) is 0. The quantitative estimate of drug-likeness (QED) is 0.319. The molecule has 0 heterocycles. The maximum absolute atomic E-state index is 13.0. The second kappa shape index (κ2) is 10.9. The minimum absolute atomic E-state index is 0.0754. The van der Waals surface area contributed by atoms with E-state index in [4.69, 9.17) is 4.74 Å². The van der Waals surface area contributed by atoms with Crippen LogP contribution in [0.3, 0.4) is 0 Å². The van der Waals surface area contributed by atoms with Crippen LogP contribution in [0.25, 0.3) is 0 Å². The van der Waals surface area contributed by atoms with Crippen LogP contribution >= 0.6 is 13.6 Å². The Kier molecular flexibility index (Phi) is 10.7. The van der Waals surface area contributed by atoms with Crippen molar-refractivity contribution in [2.45, 2.75) is 19.3 Å². The van der Waals surface area contributed by atoms with Gasteiger partial charge in [-0.05, 0) is 19.3 Å². The Labute approximate surface area is 117 Å². The third-order valence-corrected chi connectivity index (χ3v) is 1.91. The summed E-state index contributed by atoms with van der Waals surface area (Å²) in [6.07, 6.45) is 4.45. The Bertz CT molecular complexity index is 334. The molecule has 0 aromatic heterocycles. The van der Waals surface area contributed by atoms with E-state index in [9.17, 15) is 8.78 Å². The minimum atomic E-state index is -0.947. The molecule has 1 rings (SSSR count). The number of hydrogen-bond acceptors (Lipinski definition) is 1. The monoisotopic (exact) mass is 354 g/mol. The van der Waals surface area contributed by atoms with Gasteiger partial charge in [-0.25, -0.2) is 4.39 Å². The summed E-state index contributed by atoms with van der Waals surface area (Å²) in [4.78, 5) is 0. The van der Waals surface area contributed by atoms with E-state index in [1.807, 2.05) is 6.08 Å². The Balaban J connectivity index is 0.00000121. The van der Waals surface area contributed by atoms with Crippen LogP contribution < -0.4 is 4.74 Å². The predicted octanol–water partition coefficient (Wildman–Crippen LogP) is 4.34. The molecule has 0 fully saturated rings. The summed E-state index contributed by atoms with van der Waals surface area (Å²) in [6.45, 7) is 3.96. The van der Waals surface area contributed by atoms with Gasteiger partial charge in [-0.1, -0.05) is 6.08 Å². The van der Waals surface area contributed by atoms with Crippen molar-refractivity contribution in [1.29, 1.82) is 0 Å². The molecule has 0 saturated heterocycles. The van der Waals surface area contributed by atoms with Crippen molar-refractivity contribution < 1.29 is 29.9 Å². The molecule has 0 saturated carbocycles. The van der Waals surface area contributed by atoms with E-state index in [0.717, 1.165) is 25.3 Å². The molecule has 0 aliphatic carbocycles. The first kappa shape index (κ1) is 16.7. The summed E-state index contributed by atoms with van der Waals surface area (Å²) in [7, 11) is 0. The van der Waals surface area contributed by atoms with Crippen molar-refractivity contribution in [3.63, 3.8) is 0 Å². The van der Waals surface area contributed by atoms with Gasteiger partial charge in [-0.15, -0.1) is 18.7 Å². The molecule has 0 atom stereocenters. The summed E-state index contributed by atoms with van der Waals surface area (Å²) >= 11 is 4.25. The van der Waals surface area contributed by atoms with Crippen LogP contribution in [0.1, 0.15) is 19.3 Å². The number of allylic oxidation sites excluding steroid dienone is 1. The average Bonchev–Trinajstić information content (AvgIpc) is 2.36. The van der Waals surface area contributed by atoms with Crippen molar-refractivity contribution in [2.75, 3.05) is 6.61 Å². The van der Waals surface area contributed by atoms with E-state index in [0.29, 0.717) is 6.61 Å². The number of hydrogen-bond donors (Lipinski definition) is 0.